The van der Waals surface area contributed by atoms with Crippen LogP contribution in [-0.4, -0.2) is 21.9 Å². The van der Waals surface area contributed by atoms with E-state index in [2.05, 4.69) is 4.98 Å². The number of benzene rings is 1. The zero-order valence-electron chi connectivity index (χ0n) is 12.8. The van der Waals surface area contributed by atoms with E-state index in [1.165, 1.54) is 29.2 Å². The summed E-state index contributed by atoms with van der Waals surface area (Å²) in [4.78, 5) is 28.2. The average molecular weight is 331 g/mol. The first-order valence-electron chi connectivity index (χ1n) is 7.37. The van der Waals surface area contributed by atoms with E-state index >= 15 is 0 Å². The Morgan fingerprint density at radius 2 is 2.00 bits per heavy atom. The van der Waals surface area contributed by atoms with Crippen molar-refractivity contribution in [3.05, 3.63) is 57.9 Å². The number of hydrogen-bond acceptors (Lipinski definition) is 5. The van der Waals surface area contributed by atoms with Crippen molar-refractivity contribution >= 4 is 17.5 Å². The maximum absolute atomic E-state index is 13.1. The zero-order chi connectivity index (χ0) is 17.3. The summed E-state index contributed by atoms with van der Waals surface area (Å²) in [6.45, 7) is 1.93. The van der Waals surface area contributed by atoms with Crippen LogP contribution in [0.4, 0.5) is 16.0 Å². The van der Waals surface area contributed by atoms with Crippen molar-refractivity contribution in [1.82, 2.24) is 4.98 Å². The van der Waals surface area contributed by atoms with Crippen LogP contribution < -0.4 is 9.64 Å². The van der Waals surface area contributed by atoms with Gasteiger partial charge < -0.3 is 14.9 Å². The van der Waals surface area contributed by atoms with Gasteiger partial charge in [0.05, 0.1) is 6.54 Å². The van der Waals surface area contributed by atoms with E-state index in [9.17, 15) is 19.3 Å². The Bertz CT molecular complexity index is 794. The number of anilines is 1. The molecule has 124 valence electrons. The van der Waals surface area contributed by atoms with Gasteiger partial charge in [0.1, 0.15) is 5.82 Å². The van der Waals surface area contributed by atoms with Gasteiger partial charge in [-0.1, -0.05) is 19.1 Å². The summed E-state index contributed by atoms with van der Waals surface area (Å²) in [6.07, 6.45) is -0.226. The van der Waals surface area contributed by atoms with Crippen LogP contribution in [0.25, 0.3) is 0 Å². The number of amides is 1. The third kappa shape index (κ3) is 2.90. The number of carbonyl (C=O) groups is 1. The minimum absolute atomic E-state index is 0.100. The van der Waals surface area contributed by atoms with Gasteiger partial charge in [0.2, 0.25) is 0 Å². The maximum atomic E-state index is 13.1. The van der Waals surface area contributed by atoms with E-state index < -0.39 is 11.0 Å². The molecule has 24 heavy (non-hydrogen) atoms. The molecule has 8 heteroatoms. The molecule has 1 unspecified atom stereocenters. The lowest BCUT2D eigenvalue weighted by atomic mass is 10.1. The average Bonchev–Trinajstić information content (AvgIpc) is 2.58. The molecule has 1 aromatic carbocycles. The molecule has 1 atom stereocenters. The van der Waals surface area contributed by atoms with Crippen molar-refractivity contribution in [3.8, 4) is 5.75 Å². The molecule has 0 spiro atoms. The van der Waals surface area contributed by atoms with Gasteiger partial charge in [0.25, 0.3) is 11.7 Å². The lowest BCUT2D eigenvalue weighted by Crippen LogP contribution is -2.45. The Morgan fingerprint density at radius 3 is 2.62 bits per heavy atom. The molecule has 3 rings (SSSR count). The summed E-state index contributed by atoms with van der Waals surface area (Å²) in [5, 5.41) is 10.9. The summed E-state index contributed by atoms with van der Waals surface area (Å²) in [7, 11) is 0. The van der Waals surface area contributed by atoms with Crippen molar-refractivity contribution in [2.24, 2.45) is 0 Å². The Balaban J connectivity index is 2.02. The van der Waals surface area contributed by atoms with Crippen molar-refractivity contribution in [2.45, 2.75) is 26.0 Å². The van der Waals surface area contributed by atoms with Crippen LogP contribution in [0, 0.1) is 15.9 Å². The highest BCUT2D eigenvalue weighted by atomic mass is 19.1. The fraction of sp³-hybridized carbons (Fsp3) is 0.250. The van der Waals surface area contributed by atoms with Crippen molar-refractivity contribution in [1.29, 1.82) is 0 Å². The number of halogens is 1. The standard InChI is InChI=1S/C16H14FN3O4/c1-2-12-16(21)19(9-10-3-5-11(17)6-4-10)15-13(24-12)7-8-14(18-15)20(22)23/h3-8,12H,2,9H2,1H3. The van der Waals surface area contributed by atoms with Gasteiger partial charge >= 0.3 is 5.82 Å². The van der Waals surface area contributed by atoms with Crippen LogP contribution in [0.2, 0.25) is 0 Å². The third-order valence-electron chi connectivity index (χ3n) is 3.70. The van der Waals surface area contributed by atoms with Crippen LogP contribution in [0.3, 0.4) is 0 Å². The fourth-order valence-corrected chi connectivity index (χ4v) is 2.48. The van der Waals surface area contributed by atoms with Crippen LogP contribution in [-0.2, 0) is 11.3 Å². The molecule has 0 aliphatic carbocycles. The number of carbonyl (C=O) groups excluding carboxylic acids is 1. The Labute approximate surface area is 136 Å². The molecule has 0 saturated carbocycles. The molecule has 0 saturated heterocycles. The monoisotopic (exact) mass is 331 g/mol. The number of aromatic nitrogens is 1. The van der Waals surface area contributed by atoms with Crippen molar-refractivity contribution in [3.63, 3.8) is 0 Å². The topological polar surface area (TPSA) is 85.6 Å². The number of nitro groups is 1. The number of hydrogen-bond donors (Lipinski definition) is 0. The highest BCUT2D eigenvalue weighted by Crippen LogP contribution is 2.35. The van der Waals surface area contributed by atoms with Gasteiger partial charge in [-0.3, -0.25) is 9.69 Å². The largest absolute Gasteiger partial charge is 0.474 e. The lowest BCUT2D eigenvalue weighted by molar-refractivity contribution is -0.389. The second kappa shape index (κ2) is 6.23. The van der Waals surface area contributed by atoms with Gasteiger partial charge in [0.15, 0.2) is 11.9 Å². The summed E-state index contributed by atoms with van der Waals surface area (Å²) < 4.78 is 18.6. The Morgan fingerprint density at radius 1 is 1.29 bits per heavy atom. The summed E-state index contributed by atoms with van der Waals surface area (Å²) in [5.41, 5.74) is 0.681. The zero-order valence-corrected chi connectivity index (χ0v) is 12.8. The minimum Gasteiger partial charge on any atom is -0.474 e. The number of ether oxygens (including phenoxy) is 1. The van der Waals surface area contributed by atoms with Gasteiger partial charge in [-0.05, 0) is 40.1 Å². The molecule has 2 heterocycles. The van der Waals surface area contributed by atoms with Crippen LogP contribution >= 0.6 is 0 Å². The Hall–Kier alpha value is -3.03. The first-order valence-corrected chi connectivity index (χ1v) is 7.37. The third-order valence-corrected chi connectivity index (χ3v) is 3.70. The predicted octanol–water partition coefficient (Wildman–Crippen LogP) is 2.83. The molecule has 0 bridgehead atoms. The molecule has 1 amide bonds. The molecule has 0 N–H and O–H groups in total. The number of nitrogens with zero attached hydrogens (tertiary/aromatic N) is 3. The van der Waals surface area contributed by atoms with Gasteiger partial charge in [-0.2, -0.15) is 0 Å². The molecule has 1 aliphatic heterocycles. The van der Waals surface area contributed by atoms with Gasteiger partial charge in [-0.25, -0.2) is 4.39 Å². The number of pyridine rings is 1. The van der Waals surface area contributed by atoms with E-state index in [4.69, 9.17) is 4.74 Å². The molecule has 0 fully saturated rings. The maximum Gasteiger partial charge on any atom is 0.366 e. The summed E-state index contributed by atoms with van der Waals surface area (Å²) in [6, 6.07) is 8.36. The SMILES string of the molecule is CCC1Oc2ccc([N+](=O)[O-])nc2N(Cc2ccc(F)cc2)C1=O. The van der Waals surface area contributed by atoms with E-state index in [-0.39, 0.29) is 29.9 Å². The molecule has 1 aromatic heterocycles. The van der Waals surface area contributed by atoms with Crippen molar-refractivity contribution in [2.75, 3.05) is 4.90 Å². The Kier molecular flexibility index (Phi) is 4.11. The summed E-state index contributed by atoms with van der Waals surface area (Å²) >= 11 is 0. The highest BCUT2D eigenvalue weighted by Gasteiger charge is 2.38. The molecule has 7 nitrogen and oxygen atoms in total. The molecule has 2 aromatic rings. The van der Waals surface area contributed by atoms with Gasteiger partial charge in [-0.15, -0.1) is 0 Å². The van der Waals surface area contributed by atoms with E-state index in [0.717, 1.165) is 0 Å². The van der Waals surface area contributed by atoms with E-state index in [1.54, 1.807) is 12.1 Å². The predicted molar refractivity (Wildman–Crippen MR) is 83.2 cm³/mol. The molecular weight excluding hydrogens is 317 g/mol. The second-order valence-corrected chi connectivity index (χ2v) is 5.31. The first-order chi connectivity index (χ1) is 11.5. The molecule has 0 radical (unpaired) electrons. The lowest BCUT2D eigenvalue weighted by Gasteiger charge is -2.30. The second-order valence-electron chi connectivity index (χ2n) is 5.31. The number of fused-ring (bicyclic) bond motifs is 1. The first kappa shape index (κ1) is 15.9. The molecule has 1 aliphatic rings. The van der Waals surface area contributed by atoms with Crippen LogP contribution in [0.15, 0.2) is 36.4 Å². The van der Waals surface area contributed by atoms with E-state index in [0.29, 0.717) is 17.7 Å². The smallest absolute Gasteiger partial charge is 0.366 e. The quantitative estimate of drug-likeness (QED) is 0.635. The minimum atomic E-state index is -0.679. The number of rotatable bonds is 4. The highest BCUT2D eigenvalue weighted by molar-refractivity contribution is 5.99. The molecular formula is C16H14FN3O4. The fourth-order valence-electron chi connectivity index (χ4n) is 2.48. The van der Waals surface area contributed by atoms with Crippen LogP contribution in [0.5, 0.6) is 5.75 Å². The summed E-state index contributed by atoms with van der Waals surface area (Å²) in [5.74, 6) is -0.670. The van der Waals surface area contributed by atoms with Gasteiger partial charge in [0, 0.05) is 6.07 Å². The van der Waals surface area contributed by atoms with Crippen LogP contribution in [0.1, 0.15) is 18.9 Å². The van der Waals surface area contributed by atoms with E-state index in [1.807, 2.05) is 6.92 Å². The normalized spacial score (nSPS) is 16.5. The van der Waals surface area contributed by atoms with Crippen molar-refractivity contribution < 1.29 is 18.8 Å².